The smallest absolute Gasteiger partial charge is 0.410 e. The van der Waals surface area contributed by atoms with E-state index in [9.17, 15) is 9.59 Å². The fourth-order valence-electron chi connectivity index (χ4n) is 2.72. The highest BCUT2D eigenvalue weighted by atomic mass is 16.6. The molecule has 2 aliphatic rings. The van der Waals surface area contributed by atoms with Crippen molar-refractivity contribution in [2.24, 2.45) is 5.73 Å². The first-order chi connectivity index (χ1) is 9.69. The molecule has 6 heteroatoms. The van der Waals surface area contributed by atoms with Gasteiger partial charge in [0.25, 0.3) is 0 Å². The van der Waals surface area contributed by atoms with Crippen molar-refractivity contribution in [3.8, 4) is 0 Å². The molecule has 2 fully saturated rings. The van der Waals surface area contributed by atoms with Crippen molar-refractivity contribution in [3.05, 3.63) is 0 Å². The van der Waals surface area contributed by atoms with Gasteiger partial charge in [0.15, 0.2) is 0 Å². The monoisotopic (exact) mass is 297 g/mol. The van der Waals surface area contributed by atoms with Crippen LogP contribution in [0.4, 0.5) is 4.79 Å². The zero-order chi connectivity index (χ0) is 15.8. The fourth-order valence-corrected chi connectivity index (χ4v) is 2.72. The average molecular weight is 297 g/mol. The van der Waals surface area contributed by atoms with Gasteiger partial charge < -0.3 is 20.3 Å². The summed E-state index contributed by atoms with van der Waals surface area (Å²) in [4.78, 5) is 28.0. The van der Waals surface area contributed by atoms with E-state index in [-0.39, 0.29) is 24.1 Å². The van der Waals surface area contributed by atoms with Gasteiger partial charge in [-0.05, 0) is 47.0 Å². The maximum atomic E-state index is 12.4. The van der Waals surface area contributed by atoms with Gasteiger partial charge in [-0.25, -0.2) is 4.79 Å². The topological polar surface area (TPSA) is 75.9 Å². The van der Waals surface area contributed by atoms with Crippen molar-refractivity contribution in [2.75, 3.05) is 13.1 Å². The van der Waals surface area contributed by atoms with Gasteiger partial charge in [-0.1, -0.05) is 0 Å². The molecule has 2 amide bonds. The van der Waals surface area contributed by atoms with E-state index in [1.807, 2.05) is 25.7 Å². The maximum Gasteiger partial charge on any atom is 0.410 e. The van der Waals surface area contributed by atoms with Crippen molar-refractivity contribution in [1.82, 2.24) is 9.80 Å². The summed E-state index contributed by atoms with van der Waals surface area (Å²) in [6.07, 6.45) is 2.59. The highest BCUT2D eigenvalue weighted by Crippen LogP contribution is 2.33. The lowest BCUT2D eigenvalue weighted by Gasteiger charge is -2.31. The first-order valence-electron chi connectivity index (χ1n) is 7.74. The molecule has 21 heavy (non-hydrogen) atoms. The van der Waals surface area contributed by atoms with Crippen molar-refractivity contribution in [3.63, 3.8) is 0 Å². The van der Waals surface area contributed by atoms with Crippen LogP contribution in [0.25, 0.3) is 0 Å². The summed E-state index contributed by atoms with van der Waals surface area (Å²) >= 11 is 0. The second kappa shape index (κ2) is 5.83. The third-order valence-electron chi connectivity index (χ3n) is 3.80. The third kappa shape index (κ3) is 4.09. The number of hydrogen-bond acceptors (Lipinski definition) is 4. The molecule has 0 aromatic carbocycles. The lowest BCUT2D eigenvalue weighted by atomic mass is 10.2. The Morgan fingerprint density at radius 2 is 1.86 bits per heavy atom. The van der Waals surface area contributed by atoms with E-state index < -0.39 is 11.6 Å². The number of rotatable bonds is 3. The molecule has 2 N–H and O–H groups in total. The Balaban J connectivity index is 2.00. The van der Waals surface area contributed by atoms with Gasteiger partial charge in [0.05, 0.1) is 12.1 Å². The number of likely N-dealkylation sites (tertiary alicyclic amines) is 1. The van der Waals surface area contributed by atoms with E-state index in [0.717, 1.165) is 19.3 Å². The molecular formula is C15H27N3O3. The Hall–Kier alpha value is -1.30. The molecule has 6 nitrogen and oxygen atoms in total. The summed E-state index contributed by atoms with van der Waals surface area (Å²) in [5.41, 5.74) is 5.16. The van der Waals surface area contributed by atoms with Crippen LogP contribution in [0.3, 0.4) is 0 Å². The fraction of sp³-hybridized carbons (Fsp3) is 0.867. The van der Waals surface area contributed by atoms with Crippen LogP contribution in [0.2, 0.25) is 0 Å². The molecule has 120 valence electrons. The van der Waals surface area contributed by atoms with Gasteiger partial charge in [-0.3, -0.25) is 4.79 Å². The van der Waals surface area contributed by atoms with Gasteiger partial charge >= 0.3 is 6.09 Å². The van der Waals surface area contributed by atoms with E-state index in [2.05, 4.69) is 0 Å². The van der Waals surface area contributed by atoms with Crippen LogP contribution in [0.1, 0.15) is 47.0 Å². The van der Waals surface area contributed by atoms with Gasteiger partial charge in [-0.15, -0.1) is 0 Å². The minimum Gasteiger partial charge on any atom is -0.444 e. The molecule has 2 atom stereocenters. The molecule has 1 saturated heterocycles. The Bertz CT molecular complexity index is 413. The molecule has 0 unspecified atom stereocenters. The first kappa shape index (κ1) is 16.1. The first-order valence-corrected chi connectivity index (χ1v) is 7.74. The largest absolute Gasteiger partial charge is 0.444 e. The maximum absolute atomic E-state index is 12.4. The molecule has 0 bridgehead atoms. The lowest BCUT2D eigenvalue weighted by Crippen LogP contribution is -2.47. The van der Waals surface area contributed by atoms with Gasteiger partial charge in [0.1, 0.15) is 5.60 Å². The molecule has 1 saturated carbocycles. The Labute approximate surface area is 126 Å². The Morgan fingerprint density at radius 3 is 2.33 bits per heavy atom. The SMILES string of the molecule is C[C@H](N)C(=O)N1CC[C@H](N(C(=O)OC(C)(C)C)C2CC2)C1. The molecular weight excluding hydrogens is 270 g/mol. The Kier molecular flexibility index (Phi) is 4.46. The molecule has 0 radical (unpaired) electrons. The molecule has 2 rings (SSSR count). The normalized spacial score (nSPS) is 23.9. The summed E-state index contributed by atoms with van der Waals surface area (Å²) in [5, 5.41) is 0. The van der Waals surface area contributed by atoms with Crippen molar-refractivity contribution >= 4 is 12.0 Å². The number of carbonyl (C=O) groups excluding carboxylic acids is 2. The average Bonchev–Trinajstić information content (AvgIpc) is 3.03. The number of nitrogens with zero attached hydrogens (tertiary/aromatic N) is 2. The number of nitrogens with two attached hydrogens (primary N) is 1. The van der Waals surface area contributed by atoms with E-state index >= 15 is 0 Å². The quantitative estimate of drug-likeness (QED) is 0.853. The van der Waals surface area contributed by atoms with Crippen molar-refractivity contribution in [2.45, 2.75) is 70.7 Å². The number of ether oxygens (including phenoxy) is 1. The minimum atomic E-state index is -0.496. The molecule has 0 aromatic rings. The number of carbonyl (C=O) groups is 2. The predicted octanol–water partition coefficient (Wildman–Crippen LogP) is 1.33. The third-order valence-corrected chi connectivity index (χ3v) is 3.80. The van der Waals surface area contributed by atoms with E-state index in [4.69, 9.17) is 10.5 Å². The van der Waals surface area contributed by atoms with Crippen LogP contribution in [0, 0.1) is 0 Å². The lowest BCUT2D eigenvalue weighted by molar-refractivity contribution is -0.131. The van der Waals surface area contributed by atoms with Gasteiger partial charge in [0.2, 0.25) is 5.91 Å². The standard InChI is InChI=1S/C15H27N3O3/c1-10(16)13(19)17-8-7-12(9-17)18(11-5-6-11)14(20)21-15(2,3)4/h10-12H,5-9,16H2,1-4H3/t10-,12-/m0/s1. The van der Waals surface area contributed by atoms with Crippen LogP contribution in [-0.4, -0.2) is 58.6 Å². The van der Waals surface area contributed by atoms with Crippen LogP contribution in [-0.2, 0) is 9.53 Å². The summed E-state index contributed by atoms with van der Waals surface area (Å²) in [6, 6.07) is -0.162. The Morgan fingerprint density at radius 1 is 1.24 bits per heavy atom. The van der Waals surface area contributed by atoms with Crippen LogP contribution < -0.4 is 5.73 Å². The zero-order valence-electron chi connectivity index (χ0n) is 13.5. The van der Waals surface area contributed by atoms with E-state index in [1.54, 1.807) is 11.8 Å². The number of hydrogen-bond donors (Lipinski definition) is 1. The van der Waals surface area contributed by atoms with Crippen molar-refractivity contribution < 1.29 is 14.3 Å². The zero-order valence-corrected chi connectivity index (χ0v) is 13.5. The molecule has 1 aliphatic heterocycles. The van der Waals surface area contributed by atoms with Crippen LogP contribution >= 0.6 is 0 Å². The van der Waals surface area contributed by atoms with Crippen LogP contribution in [0.15, 0.2) is 0 Å². The molecule has 1 aliphatic carbocycles. The van der Waals surface area contributed by atoms with Crippen LogP contribution in [0.5, 0.6) is 0 Å². The van der Waals surface area contributed by atoms with Crippen molar-refractivity contribution in [1.29, 1.82) is 0 Å². The highest BCUT2D eigenvalue weighted by molar-refractivity contribution is 5.81. The number of amides is 2. The highest BCUT2D eigenvalue weighted by Gasteiger charge is 2.42. The predicted molar refractivity (Wildman–Crippen MR) is 79.7 cm³/mol. The van der Waals surface area contributed by atoms with Gasteiger partial charge in [-0.2, -0.15) is 0 Å². The summed E-state index contributed by atoms with van der Waals surface area (Å²) in [7, 11) is 0. The second-order valence-electron chi connectivity index (χ2n) is 7.13. The summed E-state index contributed by atoms with van der Waals surface area (Å²) in [5.74, 6) is -0.0440. The molecule has 0 spiro atoms. The van der Waals surface area contributed by atoms with Gasteiger partial charge in [0, 0.05) is 19.1 Å². The van der Waals surface area contributed by atoms with E-state index in [1.165, 1.54) is 0 Å². The minimum absolute atomic E-state index is 0.0440. The second-order valence-corrected chi connectivity index (χ2v) is 7.13. The molecule has 0 aromatic heterocycles. The summed E-state index contributed by atoms with van der Waals surface area (Å²) in [6.45, 7) is 8.54. The molecule has 1 heterocycles. The van der Waals surface area contributed by atoms with E-state index in [0.29, 0.717) is 13.1 Å². The summed E-state index contributed by atoms with van der Waals surface area (Å²) < 4.78 is 5.52.